The molecule has 2 aromatic carbocycles. The first-order valence-corrected chi connectivity index (χ1v) is 12.9. The van der Waals surface area contributed by atoms with Gasteiger partial charge in [-0.05, 0) is 79.9 Å². The van der Waals surface area contributed by atoms with Crippen LogP contribution in [0.2, 0.25) is 0 Å². The van der Waals surface area contributed by atoms with Crippen molar-refractivity contribution in [1.29, 1.82) is 0 Å². The zero-order valence-corrected chi connectivity index (χ0v) is 20.4. The topological polar surface area (TPSA) is 77.9 Å². The lowest BCUT2D eigenvalue weighted by Crippen LogP contribution is -2.59. The maximum atomic E-state index is 14.5. The van der Waals surface area contributed by atoms with E-state index in [0.29, 0.717) is 24.1 Å². The van der Waals surface area contributed by atoms with E-state index in [-0.39, 0.29) is 59.0 Å². The fourth-order valence-electron chi connectivity index (χ4n) is 5.42. The van der Waals surface area contributed by atoms with Crippen LogP contribution < -0.4 is 4.90 Å². The Bertz CT molecular complexity index is 1230. The average molecular weight is 537 g/mol. The second-order valence-corrected chi connectivity index (χ2v) is 10.8. The fourth-order valence-corrected chi connectivity index (χ4v) is 5.96. The molecule has 2 saturated carbocycles. The van der Waals surface area contributed by atoms with Crippen molar-refractivity contribution in [1.82, 2.24) is 4.90 Å². The third kappa shape index (κ3) is 5.18. The number of aliphatic carboxylic acids is 1. The predicted octanol–water partition coefficient (Wildman–Crippen LogP) is 5.77. The molecule has 0 aromatic heterocycles. The van der Waals surface area contributed by atoms with E-state index in [9.17, 15) is 31.9 Å². The van der Waals surface area contributed by atoms with Crippen molar-refractivity contribution >= 4 is 35.2 Å². The number of anilines is 1. The van der Waals surface area contributed by atoms with Gasteiger partial charge in [0.2, 0.25) is 5.91 Å². The normalized spacial score (nSPS) is 22.5. The SMILES string of the molecule is O=C(O)CCC(=O)N(C1CC1)C1c2cc(F)ccc2N(C(=O)c2ccc(SC(F)(F)F)cc2)C2CCC21. The van der Waals surface area contributed by atoms with E-state index in [4.69, 9.17) is 5.11 Å². The zero-order valence-electron chi connectivity index (χ0n) is 19.6. The highest BCUT2D eigenvalue weighted by Crippen LogP contribution is 2.54. The van der Waals surface area contributed by atoms with Gasteiger partial charge in [0, 0.05) is 46.1 Å². The first-order valence-electron chi connectivity index (χ1n) is 12.1. The molecule has 3 atom stereocenters. The minimum absolute atomic E-state index is 0.0355. The number of hydrogen-bond donors (Lipinski definition) is 1. The Hall–Kier alpha value is -3.08. The number of carboxylic acids is 1. The Morgan fingerprint density at radius 1 is 1.00 bits per heavy atom. The van der Waals surface area contributed by atoms with Crippen molar-refractivity contribution in [3.05, 3.63) is 59.4 Å². The summed E-state index contributed by atoms with van der Waals surface area (Å²) < 4.78 is 52.6. The molecule has 0 radical (unpaired) electrons. The summed E-state index contributed by atoms with van der Waals surface area (Å²) >= 11 is -0.261. The van der Waals surface area contributed by atoms with Gasteiger partial charge < -0.3 is 14.9 Å². The highest BCUT2D eigenvalue weighted by molar-refractivity contribution is 8.00. The van der Waals surface area contributed by atoms with Gasteiger partial charge in [-0.25, -0.2) is 4.39 Å². The molecule has 3 aliphatic rings. The summed E-state index contributed by atoms with van der Waals surface area (Å²) in [5.74, 6) is -2.45. The van der Waals surface area contributed by atoms with Gasteiger partial charge in [-0.2, -0.15) is 13.2 Å². The van der Waals surface area contributed by atoms with Crippen molar-refractivity contribution in [3.8, 4) is 0 Å². The van der Waals surface area contributed by atoms with Crippen molar-refractivity contribution in [2.45, 2.75) is 67.1 Å². The van der Waals surface area contributed by atoms with Crippen LogP contribution in [0.1, 0.15) is 60.5 Å². The number of carboxylic acid groups (broad SMARTS) is 1. The monoisotopic (exact) mass is 536 g/mol. The molecule has 1 aliphatic heterocycles. The van der Waals surface area contributed by atoms with Crippen molar-refractivity contribution in [2.24, 2.45) is 5.92 Å². The minimum atomic E-state index is -4.44. The summed E-state index contributed by atoms with van der Waals surface area (Å²) in [5, 5.41) is 9.06. The number of thioether (sulfide) groups is 1. The summed E-state index contributed by atoms with van der Waals surface area (Å²) in [6.45, 7) is 0. The van der Waals surface area contributed by atoms with Gasteiger partial charge in [-0.1, -0.05) is 0 Å². The Morgan fingerprint density at radius 2 is 1.70 bits per heavy atom. The number of nitrogens with zero attached hydrogens (tertiary/aromatic N) is 2. The number of fused-ring (bicyclic) bond motifs is 2. The van der Waals surface area contributed by atoms with Crippen LogP contribution in [0.25, 0.3) is 0 Å². The maximum Gasteiger partial charge on any atom is 0.446 e. The maximum absolute atomic E-state index is 14.5. The largest absolute Gasteiger partial charge is 0.481 e. The lowest BCUT2D eigenvalue weighted by atomic mass is 9.67. The van der Waals surface area contributed by atoms with Crippen LogP contribution in [0.3, 0.4) is 0 Å². The first kappa shape index (κ1) is 25.6. The van der Waals surface area contributed by atoms with E-state index < -0.39 is 29.2 Å². The molecule has 2 fully saturated rings. The third-order valence-electron chi connectivity index (χ3n) is 7.23. The second-order valence-electron chi connectivity index (χ2n) is 9.63. The number of rotatable bonds is 7. The number of alkyl halides is 3. The first-order chi connectivity index (χ1) is 17.5. The van der Waals surface area contributed by atoms with Crippen LogP contribution in [0.5, 0.6) is 0 Å². The molecule has 3 unspecified atom stereocenters. The number of hydrogen-bond acceptors (Lipinski definition) is 4. The third-order valence-corrected chi connectivity index (χ3v) is 7.97. The van der Waals surface area contributed by atoms with Crippen molar-refractivity contribution < 1.29 is 37.1 Å². The standard InChI is InChI=1S/C26H24F4N2O4S/c27-15-3-9-21-19(13-15)24(31(16-4-5-16)22(33)11-12-23(34)35)18-8-10-20(18)32(21)25(36)14-1-6-17(7-2-14)37-26(28,29)30/h1-3,6-7,9,13,16,18,20,24H,4-5,8,10-12H2,(H,34,35). The molecule has 0 saturated heterocycles. The Balaban J connectivity index is 1.49. The molecular formula is C26H24F4N2O4S. The number of halogens is 4. The summed E-state index contributed by atoms with van der Waals surface area (Å²) in [6, 6.07) is 8.48. The fraction of sp³-hybridized carbons (Fsp3) is 0.423. The molecule has 11 heteroatoms. The van der Waals surface area contributed by atoms with Crippen LogP contribution in [0.4, 0.5) is 23.2 Å². The van der Waals surface area contributed by atoms with Gasteiger partial charge in [-0.15, -0.1) is 0 Å². The van der Waals surface area contributed by atoms with Crippen molar-refractivity contribution in [3.63, 3.8) is 0 Å². The smallest absolute Gasteiger partial charge is 0.446 e. The molecule has 2 aromatic rings. The molecule has 2 amide bonds. The number of amides is 2. The molecule has 6 nitrogen and oxygen atoms in total. The van der Waals surface area contributed by atoms with Gasteiger partial charge in [-0.3, -0.25) is 14.4 Å². The molecule has 1 heterocycles. The highest BCUT2D eigenvalue weighted by atomic mass is 32.2. The highest BCUT2D eigenvalue weighted by Gasteiger charge is 2.53. The predicted molar refractivity (Wildman–Crippen MR) is 128 cm³/mol. The molecule has 196 valence electrons. The van der Waals surface area contributed by atoms with Crippen LogP contribution >= 0.6 is 11.8 Å². The molecule has 0 bridgehead atoms. The molecule has 0 spiro atoms. The van der Waals surface area contributed by atoms with Gasteiger partial charge in [0.1, 0.15) is 5.82 Å². The van der Waals surface area contributed by atoms with E-state index in [1.165, 1.54) is 42.5 Å². The Labute approximate surface area is 214 Å². The van der Waals surface area contributed by atoms with Gasteiger partial charge >= 0.3 is 11.5 Å². The van der Waals surface area contributed by atoms with E-state index in [2.05, 4.69) is 0 Å². The van der Waals surface area contributed by atoms with Gasteiger partial charge in [0.15, 0.2) is 0 Å². The van der Waals surface area contributed by atoms with Gasteiger partial charge in [0.05, 0.1) is 12.5 Å². The van der Waals surface area contributed by atoms with Crippen LogP contribution in [0, 0.1) is 11.7 Å². The summed E-state index contributed by atoms with van der Waals surface area (Å²) in [7, 11) is 0. The van der Waals surface area contributed by atoms with Gasteiger partial charge in [0.25, 0.3) is 5.91 Å². The van der Waals surface area contributed by atoms with Crippen LogP contribution in [0.15, 0.2) is 47.4 Å². The molecule has 1 N–H and O–H groups in total. The van der Waals surface area contributed by atoms with Crippen LogP contribution in [-0.4, -0.2) is 45.4 Å². The lowest BCUT2D eigenvalue weighted by Gasteiger charge is -2.55. The summed E-state index contributed by atoms with van der Waals surface area (Å²) in [5.41, 5.74) is -3.27. The second kappa shape index (κ2) is 9.66. The van der Waals surface area contributed by atoms with E-state index in [0.717, 1.165) is 12.8 Å². The lowest BCUT2D eigenvalue weighted by molar-refractivity contribution is -0.143. The number of carbonyl (C=O) groups excluding carboxylic acids is 2. The number of carbonyl (C=O) groups is 3. The Morgan fingerprint density at radius 3 is 2.27 bits per heavy atom. The minimum Gasteiger partial charge on any atom is -0.481 e. The van der Waals surface area contributed by atoms with Crippen molar-refractivity contribution in [2.75, 3.05) is 4.90 Å². The summed E-state index contributed by atoms with van der Waals surface area (Å²) in [4.78, 5) is 41.1. The van der Waals surface area contributed by atoms with E-state index in [1.54, 1.807) is 9.80 Å². The molecule has 5 rings (SSSR count). The molecular weight excluding hydrogens is 512 g/mol. The average Bonchev–Trinajstić information content (AvgIpc) is 3.63. The number of benzene rings is 2. The molecule has 37 heavy (non-hydrogen) atoms. The molecule has 2 aliphatic carbocycles. The summed E-state index contributed by atoms with van der Waals surface area (Å²) in [6.07, 6.45) is 2.46. The Kier molecular flexibility index (Phi) is 6.68. The van der Waals surface area contributed by atoms with Crippen LogP contribution in [-0.2, 0) is 9.59 Å². The quantitative estimate of drug-likeness (QED) is 0.359. The van der Waals surface area contributed by atoms with E-state index >= 15 is 0 Å². The van der Waals surface area contributed by atoms with E-state index in [1.807, 2.05) is 0 Å². The zero-order chi connectivity index (χ0) is 26.5.